The van der Waals surface area contributed by atoms with E-state index in [1.54, 1.807) is 0 Å². The van der Waals surface area contributed by atoms with Gasteiger partial charge in [-0.25, -0.2) is 0 Å². The highest BCUT2D eigenvalue weighted by atomic mass is 15.1. The van der Waals surface area contributed by atoms with Crippen LogP contribution in [-0.2, 0) is 0 Å². The molecule has 3 rings (SSSR count). The standard InChI is InChI=1S/C17H33N3/c1-2-20-11-9-14(13-20)12-19-17-7-4-3-6-15(17)16-8-5-10-18-16/h14-19H,2-13H2,1H3. The molecule has 20 heavy (non-hydrogen) atoms. The molecule has 2 aliphatic heterocycles. The zero-order valence-corrected chi connectivity index (χ0v) is 13.2. The lowest BCUT2D eigenvalue weighted by atomic mass is 9.79. The van der Waals surface area contributed by atoms with Gasteiger partial charge in [0.15, 0.2) is 0 Å². The third-order valence-electron chi connectivity index (χ3n) is 5.92. The zero-order valence-electron chi connectivity index (χ0n) is 13.2. The second-order valence-corrected chi connectivity index (χ2v) is 7.21. The summed E-state index contributed by atoms with van der Waals surface area (Å²) in [5, 5.41) is 7.72. The van der Waals surface area contributed by atoms with Gasteiger partial charge in [-0.2, -0.15) is 0 Å². The number of nitrogens with zero attached hydrogens (tertiary/aromatic N) is 1. The Kier molecular flexibility index (Phi) is 5.36. The van der Waals surface area contributed by atoms with E-state index in [-0.39, 0.29) is 0 Å². The van der Waals surface area contributed by atoms with Gasteiger partial charge in [0.1, 0.15) is 0 Å². The molecule has 1 aliphatic carbocycles. The van der Waals surface area contributed by atoms with E-state index in [1.807, 2.05) is 0 Å². The van der Waals surface area contributed by atoms with Crippen LogP contribution in [-0.4, -0.2) is 49.7 Å². The highest BCUT2D eigenvalue weighted by molar-refractivity contribution is 4.92. The molecule has 2 heterocycles. The first-order chi connectivity index (χ1) is 9.86. The molecule has 4 unspecified atom stereocenters. The van der Waals surface area contributed by atoms with Crippen molar-refractivity contribution in [2.75, 3.05) is 32.7 Å². The third-order valence-corrected chi connectivity index (χ3v) is 5.92. The topological polar surface area (TPSA) is 27.3 Å². The predicted octanol–water partition coefficient (Wildman–Crippen LogP) is 2.23. The lowest BCUT2D eigenvalue weighted by molar-refractivity contribution is 0.207. The smallest absolute Gasteiger partial charge is 0.0111 e. The van der Waals surface area contributed by atoms with Crippen LogP contribution in [0.3, 0.4) is 0 Å². The summed E-state index contributed by atoms with van der Waals surface area (Å²) in [6.07, 6.45) is 9.95. The molecule has 3 fully saturated rings. The predicted molar refractivity (Wildman–Crippen MR) is 85.0 cm³/mol. The number of hydrogen-bond acceptors (Lipinski definition) is 3. The van der Waals surface area contributed by atoms with E-state index in [4.69, 9.17) is 0 Å². The van der Waals surface area contributed by atoms with Crippen molar-refractivity contribution in [2.24, 2.45) is 11.8 Å². The lowest BCUT2D eigenvalue weighted by Gasteiger charge is -2.37. The molecule has 0 aromatic heterocycles. The average Bonchev–Trinajstić information content (AvgIpc) is 3.17. The van der Waals surface area contributed by atoms with Gasteiger partial charge in [0.2, 0.25) is 0 Å². The molecule has 1 saturated carbocycles. The van der Waals surface area contributed by atoms with Crippen LogP contribution in [0.1, 0.15) is 51.9 Å². The normalized spacial score (nSPS) is 39.5. The fraction of sp³-hybridized carbons (Fsp3) is 1.00. The van der Waals surface area contributed by atoms with E-state index in [2.05, 4.69) is 22.5 Å². The molecule has 2 N–H and O–H groups in total. The van der Waals surface area contributed by atoms with Gasteiger partial charge in [-0.1, -0.05) is 19.8 Å². The number of rotatable bonds is 5. The van der Waals surface area contributed by atoms with Crippen LogP contribution in [0.4, 0.5) is 0 Å². The third kappa shape index (κ3) is 3.55. The summed E-state index contributed by atoms with van der Waals surface area (Å²) < 4.78 is 0. The van der Waals surface area contributed by atoms with E-state index in [1.165, 1.54) is 77.7 Å². The first-order valence-electron chi connectivity index (χ1n) is 9.06. The molecule has 0 amide bonds. The van der Waals surface area contributed by atoms with Crippen LogP contribution in [0.25, 0.3) is 0 Å². The summed E-state index contributed by atoms with van der Waals surface area (Å²) in [5.74, 6) is 1.80. The fourth-order valence-corrected chi connectivity index (χ4v) is 4.66. The number of hydrogen-bond donors (Lipinski definition) is 2. The molecule has 3 heteroatoms. The van der Waals surface area contributed by atoms with E-state index >= 15 is 0 Å². The quantitative estimate of drug-likeness (QED) is 0.808. The summed E-state index contributed by atoms with van der Waals surface area (Å²) in [6, 6.07) is 1.60. The Hall–Kier alpha value is -0.120. The molecule has 3 nitrogen and oxygen atoms in total. The fourth-order valence-electron chi connectivity index (χ4n) is 4.66. The Balaban J connectivity index is 1.47. The molecule has 0 bridgehead atoms. The lowest BCUT2D eigenvalue weighted by Crippen LogP contribution is -2.48. The van der Waals surface area contributed by atoms with Crippen LogP contribution in [0, 0.1) is 11.8 Å². The van der Waals surface area contributed by atoms with Crippen molar-refractivity contribution in [1.29, 1.82) is 0 Å². The van der Waals surface area contributed by atoms with Crippen LogP contribution >= 0.6 is 0 Å². The Labute approximate surface area is 124 Å². The minimum Gasteiger partial charge on any atom is -0.314 e. The van der Waals surface area contributed by atoms with Gasteiger partial charge >= 0.3 is 0 Å². The Morgan fingerprint density at radius 3 is 2.75 bits per heavy atom. The van der Waals surface area contributed by atoms with Crippen LogP contribution in [0.5, 0.6) is 0 Å². The molecule has 4 atom stereocenters. The van der Waals surface area contributed by atoms with E-state index < -0.39 is 0 Å². The van der Waals surface area contributed by atoms with Gasteiger partial charge < -0.3 is 15.5 Å². The maximum Gasteiger partial charge on any atom is 0.0111 e. The van der Waals surface area contributed by atoms with Crippen molar-refractivity contribution in [3.8, 4) is 0 Å². The molecular weight excluding hydrogens is 246 g/mol. The van der Waals surface area contributed by atoms with Crippen molar-refractivity contribution in [3.63, 3.8) is 0 Å². The minimum absolute atomic E-state index is 0.787. The first kappa shape index (κ1) is 14.8. The molecule has 0 spiro atoms. The summed E-state index contributed by atoms with van der Waals surface area (Å²) in [7, 11) is 0. The Morgan fingerprint density at radius 1 is 1.10 bits per heavy atom. The second-order valence-electron chi connectivity index (χ2n) is 7.21. The van der Waals surface area contributed by atoms with Crippen molar-refractivity contribution in [2.45, 2.75) is 64.0 Å². The minimum atomic E-state index is 0.787. The second kappa shape index (κ2) is 7.24. The molecular formula is C17H33N3. The van der Waals surface area contributed by atoms with Gasteiger partial charge in [-0.05, 0) is 70.1 Å². The summed E-state index contributed by atoms with van der Waals surface area (Å²) >= 11 is 0. The SMILES string of the molecule is CCN1CCC(CNC2CCCCC2C2CCCN2)C1. The monoisotopic (exact) mass is 279 g/mol. The van der Waals surface area contributed by atoms with Crippen LogP contribution < -0.4 is 10.6 Å². The van der Waals surface area contributed by atoms with Crippen LogP contribution in [0.15, 0.2) is 0 Å². The molecule has 0 radical (unpaired) electrons. The average molecular weight is 279 g/mol. The largest absolute Gasteiger partial charge is 0.314 e. The van der Waals surface area contributed by atoms with Crippen molar-refractivity contribution >= 4 is 0 Å². The summed E-state index contributed by atoms with van der Waals surface area (Å²) in [6.45, 7) is 8.67. The van der Waals surface area contributed by atoms with Gasteiger partial charge in [0, 0.05) is 18.6 Å². The van der Waals surface area contributed by atoms with Gasteiger partial charge in [0.25, 0.3) is 0 Å². The van der Waals surface area contributed by atoms with Crippen molar-refractivity contribution in [1.82, 2.24) is 15.5 Å². The van der Waals surface area contributed by atoms with Gasteiger partial charge in [-0.3, -0.25) is 0 Å². The van der Waals surface area contributed by atoms with E-state index in [9.17, 15) is 0 Å². The zero-order chi connectivity index (χ0) is 13.8. The maximum atomic E-state index is 3.97. The van der Waals surface area contributed by atoms with Crippen molar-refractivity contribution in [3.05, 3.63) is 0 Å². The van der Waals surface area contributed by atoms with Gasteiger partial charge in [-0.15, -0.1) is 0 Å². The number of nitrogens with one attached hydrogen (secondary N) is 2. The maximum absolute atomic E-state index is 3.97. The first-order valence-corrected chi connectivity index (χ1v) is 9.06. The highest BCUT2D eigenvalue weighted by Crippen LogP contribution is 2.31. The van der Waals surface area contributed by atoms with Crippen LogP contribution in [0.2, 0.25) is 0 Å². The molecule has 2 saturated heterocycles. The van der Waals surface area contributed by atoms with E-state index in [0.717, 1.165) is 23.9 Å². The molecule has 116 valence electrons. The van der Waals surface area contributed by atoms with E-state index in [0.29, 0.717) is 0 Å². The molecule has 0 aromatic carbocycles. The molecule has 0 aromatic rings. The highest BCUT2D eigenvalue weighted by Gasteiger charge is 2.33. The van der Waals surface area contributed by atoms with Crippen molar-refractivity contribution < 1.29 is 0 Å². The number of likely N-dealkylation sites (tertiary alicyclic amines) is 1. The Morgan fingerprint density at radius 2 is 2.00 bits per heavy atom. The van der Waals surface area contributed by atoms with Gasteiger partial charge in [0.05, 0.1) is 0 Å². The molecule has 3 aliphatic rings. The summed E-state index contributed by atoms with van der Waals surface area (Å²) in [4.78, 5) is 2.60. The summed E-state index contributed by atoms with van der Waals surface area (Å²) in [5.41, 5.74) is 0. The Bertz CT molecular complexity index is 288.